The Kier molecular flexibility index (Phi) is 4.76. The van der Waals surface area contributed by atoms with Crippen LogP contribution in [0.4, 0.5) is 0 Å². The number of H-pyrrole nitrogens is 1. The molecule has 2 aromatic rings. The fraction of sp³-hybridized carbons (Fsp3) is 0.389. The number of hydrogen-bond donors (Lipinski definition) is 3. The van der Waals surface area contributed by atoms with E-state index in [9.17, 15) is 9.59 Å². The first-order valence-electron chi connectivity index (χ1n) is 8.23. The molecule has 0 fully saturated rings. The van der Waals surface area contributed by atoms with Gasteiger partial charge in [0.1, 0.15) is 0 Å². The number of hydrogen-bond acceptors (Lipinski definition) is 4. The van der Waals surface area contributed by atoms with Crippen molar-refractivity contribution >= 4 is 5.91 Å². The minimum absolute atomic E-state index is 0.0659. The number of carbonyl (C=O) groups excluding carboxylic acids is 1. The lowest BCUT2D eigenvalue weighted by Gasteiger charge is -2.17. The Morgan fingerprint density at radius 1 is 1.38 bits per heavy atom. The molecule has 0 saturated carbocycles. The van der Waals surface area contributed by atoms with Gasteiger partial charge in [0, 0.05) is 49.7 Å². The van der Waals surface area contributed by atoms with Crippen LogP contribution in [0.1, 0.15) is 52.6 Å². The number of pyridine rings is 2. The second-order valence-electron chi connectivity index (χ2n) is 6.36. The Labute approximate surface area is 140 Å². The summed E-state index contributed by atoms with van der Waals surface area (Å²) in [7, 11) is 0. The van der Waals surface area contributed by atoms with Crippen molar-refractivity contribution in [3.05, 3.63) is 62.8 Å². The van der Waals surface area contributed by atoms with Gasteiger partial charge in [0.2, 0.25) is 5.56 Å². The van der Waals surface area contributed by atoms with Crippen LogP contribution in [0.5, 0.6) is 0 Å². The second kappa shape index (κ2) is 6.97. The zero-order valence-electron chi connectivity index (χ0n) is 14.0. The summed E-state index contributed by atoms with van der Waals surface area (Å²) in [6.45, 7) is 6.09. The smallest absolute Gasteiger partial charge is 0.253 e. The lowest BCUT2D eigenvalue weighted by Crippen LogP contribution is -2.27. The van der Waals surface area contributed by atoms with Gasteiger partial charge in [0.05, 0.1) is 5.56 Å². The third kappa shape index (κ3) is 3.54. The van der Waals surface area contributed by atoms with Crippen LogP contribution in [0.15, 0.2) is 29.2 Å². The third-order valence-corrected chi connectivity index (χ3v) is 4.19. The van der Waals surface area contributed by atoms with Gasteiger partial charge in [0.25, 0.3) is 5.91 Å². The Balaban J connectivity index is 1.73. The molecule has 0 aromatic carbocycles. The molecule has 0 spiro atoms. The minimum atomic E-state index is -0.193. The van der Waals surface area contributed by atoms with Gasteiger partial charge in [0.15, 0.2) is 0 Å². The monoisotopic (exact) mass is 326 g/mol. The van der Waals surface area contributed by atoms with Crippen LogP contribution in [0.2, 0.25) is 0 Å². The van der Waals surface area contributed by atoms with Crippen molar-refractivity contribution in [2.24, 2.45) is 0 Å². The molecule has 0 aliphatic carbocycles. The molecule has 0 bridgehead atoms. The van der Waals surface area contributed by atoms with Crippen LogP contribution in [0, 0.1) is 0 Å². The van der Waals surface area contributed by atoms with Gasteiger partial charge in [-0.15, -0.1) is 0 Å². The van der Waals surface area contributed by atoms with E-state index in [1.165, 1.54) is 11.6 Å². The molecule has 1 aliphatic heterocycles. The highest BCUT2D eigenvalue weighted by Crippen LogP contribution is 2.16. The maximum Gasteiger partial charge on any atom is 0.253 e. The van der Waals surface area contributed by atoms with Crippen LogP contribution in [0.3, 0.4) is 0 Å². The summed E-state index contributed by atoms with van der Waals surface area (Å²) in [5.41, 5.74) is 4.28. The molecule has 6 heteroatoms. The largest absolute Gasteiger partial charge is 0.348 e. The van der Waals surface area contributed by atoms with E-state index >= 15 is 0 Å². The summed E-state index contributed by atoms with van der Waals surface area (Å²) in [5.74, 6) is -0.123. The maximum atomic E-state index is 12.5. The molecule has 0 atom stereocenters. The normalized spacial score (nSPS) is 13.6. The highest BCUT2D eigenvalue weighted by molar-refractivity contribution is 5.95. The average Bonchev–Trinajstić information content (AvgIpc) is 2.59. The standard InChI is InChI=1S/C18H22N4O2/c1-11(2)17-14(3-4-16(23)22-17)18(24)21-9-12-7-13-10-19-6-5-15(13)20-8-12/h3-4,7-8,11,19H,5-6,9-10H2,1-2H3,(H,21,24)(H,22,23). The van der Waals surface area contributed by atoms with Crippen molar-refractivity contribution in [1.82, 2.24) is 20.6 Å². The summed E-state index contributed by atoms with van der Waals surface area (Å²) in [6.07, 6.45) is 2.76. The lowest BCUT2D eigenvalue weighted by molar-refractivity contribution is 0.0949. The number of amides is 1. The molecule has 0 unspecified atom stereocenters. The van der Waals surface area contributed by atoms with Crippen LogP contribution < -0.4 is 16.2 Å². The highest BCUT2D eigenvalue weighted by atomic mass is 16.1. The van der Waals surface area contributed by atoms with Crippen molar-refractivity contribution in [2.75, 3.05) is 6.54 Å². The molecular formula is C18H22N4O2. The van der Waals surface area contributed by atoms with E-state index in [1.54, 1.807) is 6.07 Å². The fourth-order valence-electron chi connectivity index (χ4n) is 2.91. The van der Waals surface area contributed by atoms with Crippen molar-refractivity contribution in [1.29, 1.82) is 0 Å². The summed E-state index contributed by atoms with van der Waals surface area (Å²) in [4.78, 5) is 31.2. The Morgan fingerprint density at radius 2 is 2.21 bits per heavy atom. The predicted molar refractivity (Wildman–Crippen MR) is 92.0 cm³/mol. The third-order valence-electron chi connectivity index (χ3n) is 4.19. The van der Waals surface area contributed by atoms with E-state index in [4.69, 9.17) is 0 Å². The zero-order valence-corrected chi connectivity index (χ0v) is 14.0. The molecule has 2 aromatic heterocycles. The molecule has 0 radical (unpaired) electrons. The Morgan fingerprint density at radius 3 is 3.00 bits per heavy atom. The quantitative estimate of drug-likeness (QED) is 0.794. The molecule has 126 valence electrons. The lowest BCUT2D eigenvalue weighted by atomic mass is 10.0. The molecule has 3 rings (SSSR count). The van der Waals surface area contributed by atoms with Gasteiger partial charge in [-0.3, -0.25) is 14.6 Å². The SMILES string of the molecule is CC(C)c1[nH]c(=O)ccc1C(=O)NCc1cnc2c(c1)CNCC2. The summed E-state index contributed by atoms with van der Waals surface area (Å²) in [6, 6.07) is 5.05. The number of aromatic nitrogens is 2. The van der Waals surface area contributed by atoms with Gasteiger partial charge in [-0.25, -0.2) is 0 Å². The molecule has 0 saturated heterocycles. The first-order chi connectivity index (χ1) is 11.5. The van der Waals surface area contributed by atoms with E-state index in [0.29, 0.717) is 17.8 Å². The van der Waals surface area contributed by atoms with Crippen LogP contribution >= 0.6 is 0 Å². The number of nitrogens with zero attached hydrogens (tertiary/aromatic N) is 1. The van der Waals surface area contributed by atoms with Crippen molar-refractivity contribution in [3.8, 4) is 0 Å². The minimum Gasteiger partial charge on any atom is -0.348 e. The molecule has 1 aliphatic rings. The van der Waals surface area contributed by atoms with E-state index in [0.717, 1.165) is 30.8 Å². The van der Waals surface area contributed by atoms with Crippen molar-refractivity contribution in [3.63, 3.8) is 0 Å². The predicted octanol–water partition coefficient (Wildman–Crippen LogP) is 1.47. The van der Waals surface area contributed by atoms with Crippen molar-refractivity contribution in [2.45, 2.75) is 39.3 Å². The van der Waals surface area contributed by atoms with Crippen LogP contribution in [-0.4, -0.2) is 22.4 Å². The maximum absolute atomic E-state index is 12.5. The number of nitrogens with one attached hydrogen (secondary N) is 3. The zero-order chi connectivity index (χ0) is 17.1. The molecule has 6 nitrogen and oxygen atoms in total. The van der Waals surface area contributed by atoms with Gasteiger partial charge in [-0.1, -0.05) is 13.8 Å². The Hall–Kier alpha value is -2.47. The van der Waals surface area contributed by atoms with E-state index < -0.39 is 0 Å². The summed E-state index contributed by atoms with van der Waals surface area (Å²) >= 11 is 0. The number of rotatable bonds is 4. The molecule has 24 heavy (non-hydrogen) atoms. The second-order valence-corrected chi connectivity index (χ2v) is 6.36. The van der Waals surface area contributed by atoms with E-state index in [1.807, 2.05) is 20.0 Å². The number of aromatic amines is 1. The molecular weight excluding hydrogens is 304 g/mol. The summed E-state index contributed by atoms with van der Waals surface area (Å²) in [5, 5.41) is 6.24. The van der Waals surface area contributed by atoms with Crippen LogP contribution in [-0.2, 0) is 19.5 Å². The first kappa shape index (κ1) is 16.4. The summed E-state index contributed by atoms with van der Waals surface area (Å²) < 4.78 is 0. The molecule has 1 amide bonds. The Bertz CT molecular complexity index is 811. The van der Waals surface area contributed by atoms with Gasteiger partial charge in [-0.2, -0.15) is 0 Å². The first-order valence-corrected chi connectivity index (χ1v) is 8.23. The number of carbonyl (C=O) groups is 1. The van der Waals surface area contributed by atoms with Crippen LogP contribution in [0.25, 0.3) is 0 Å². The highest BCUT2D eigenvalue weighted by Gasteiger charge is 2.15. The average molecular weight is 326 g/mol. The van der Waals surface area contributed by atoms with Gasteiger partial charge < -0.3 is 15.6 Å². The van der Waals surface area contributed by atoms with Crippen molar-refractivity contribution < 1.29 is 4.79 Å². The van der Waals surface area contributed by atoms with E-state index in [2.05, 4.69) is 26.7 Å². The fourth-order valence-corrected chi connectivity index (χ4v) is 2.91. The number of fused-ring (bicyclic) bond motifs is 1. The van der Waals surface area contributed by atoms with E-state index in [-0.39, 0.29) is 17.4 Å². The van der Waals surface area contributed by atoms with Gasteiger partial charge >= 0.3 is 0 Å². The topological polar surface area (TPSA) is 86.9 Å². The molecule has 3 N–H and O–H groups in total. The van der Waals surface area contributed by atoms with Gasteiger partial charge in [-0.05, 0) is 29.2 Å². The molecule has 3 heterocycles.